The molecule has 0 spiro atoms. The number of amides is 2. The van der Waals surface area contributed by atoms with Crippen molar-refractivity contribution in [2.75, 3.05) is 33.3 Å². The average molecular weight is 287 g/mol. The number of aliphatic carboxylic acids is 1. The highest BCUT2D eigenvalue weighted by atomic mass is 16.4. The van der Waals surface area contributed by atoms with Crippen LogP contribution in [0.25, 0.3) is 0 Å². The summed E-state index contributed by atoms with van der Waals surface area (Å²) >= 11 is 0. The first kappa shape index (κ1) is 16.7. The number of urea groups is 1. The van der Waals surface area contributed by atoms with Gasteiger partial charge in [0.2, 0.25) is 0 Å². The number of nitrogens with one attached hydrogen (secondary N) is 1. The Morgan fingerprint density at radius 1 is 1.50 bits per heavy atom. The van der Waals surface area contributed by atoms with Crippen molar-refractivity contribution in [3.8, 4) is 0 Å². The number of hydrogen-bond acceptors (Lipinski definition) is 4. The number of nitrogens with zero attached hydrogens (tertiary/aromatic N) is 2. The van der Waals surface area contributed by atoms with Gasteiger partial charge in [0.15, 0.2) is 0 Å². The summed E-state index contributed by atoms with van der Waals surface area (Å²) in [5.74, 6) is -1.13. The molecule has 116 valence electrons. The van der Waals surface area contributed by atoms with Crippen LogP contribution in [0.15, 0.2) is 0 Å². The van der Waals surface area contributed by atoms with E-state index in [9.17, 15) is 9.59 Å². The maximum atomic E-state index is 12.0. The lowest BCUT2D eigenvalue weighted by Gasteiger charge is -2.28. The van der Waals surface area contributed by atoms with Crippen molar-refractivity contribution in [1.82, 2.24) is 15.1 Å². The van der Waals surface area contributed by atoms with Crippen LogP contribution in [0.5, 0.6) is 0 Å². The maximum absolute atomic E-state index is 12.0. The lowest BCUT2D eigenvalue weighted by Crippen LogP contribution is -2.50. The van der Waals surface area contributed by atoms with E-state index in [4.69, 9.17) is 10.2 Å². The van der Waals surface area contributed by atoms with Crippen molar-refractivity contribution >= 4 is 12.0 Å². The molecule has 0 aromatic rings. The molecule has 1 rings (SSSR count). The number of aliphatic hydroxyl groups is 1. The van der Waals surface area contributed by atoms with Crippen molar-refractivity contribution in [3.63, 3.8) is 0 Å². The minimum Gasteiger partial charge on any atom is -0.480 e. The van der Waals surface area contributed by atoms with E-state index in [0.29, 0.717) is 12.6 Å². The molecule has 7 nitrogen and oxygen atoms in total. The normalized spacial score (nSPS) is 20.6. The minimum absolute atomic E-state index is 0.0133. The smallest absolute Gasteiger partial charge is 0.326 e. The summed E-state index contributed by atoms with van der Waals surface area (Å²) in [7, 11) is 1.67. The largest absolute Gasteiger partial charge is 0.480 e. The Morgan fingerprint density at radius 2 is 2.20 bits per heavy atom. The van der Waals surface area contributed by atoms with Crippen molar-refractivity contribution < 1.29 is 19.8 Å². The number of hydrogen-bond donors (Lipinski definition) is 3. The van der Waals surface area contributed by atoms with Crippen LogP contribution in [0.2, 0.25) is 0 Å². The van der Waals surface area contributed by atoms with Gasteiger partial charge in [-0.05, 0) is 25.9 Å². The predicted octanol–water partition coefficient (Wildman–Crippen LogP) is -0.0523. The number of likely N-dealkylation sites (N-methyl/N-ethyl adjacent to an activating group) is 2. The van der Waals surface area contributed by atoms with Gasteiger partial charge in [-0.3, -0.25) is 4.90 Å². The van der Waals surface area contributed by atoms with Gasteiger partial charge in [-0.15, -0.1) is 0 Å². The fourth-order valence-electron chi connectivity index (χ4n) is 2.56. The van der Waals surface area contributed by atoms with Crippen LogP contribution in [-0.4, -0.2) is 77.4 Å². The van der Waals surface area contributed by atoms with E-state index in [-0.39, 0.29) is 13.0 Å². The van der Waals surface area contributed by atoms with Crippen LogP contribution in [0.1, 0.15) is 26.2 Å². The Kier molecular flexibility index (Phi) is 6.74. The molecule has 20 heavy (non-hydrogen) atoms. The minimum atomic E-state index is -1.13. The number of carbonyl (C=O) groups excluding carboxylic acids is 1. The second-order valence-electron chi connectivity index (χ2n) is 5.16. The number of likely N-dealkylation sites (tertiary alicyclic amines) is 1. The lowest BCUT2D eigenvalue weighted by atomic mass is 10.2. The first-order chi connectivity index (χ1) is 9.49. The summed E-state index contributed by atoms with van der Waals surface area (Å²) in [5, 5.41) is 20.2. The van der Waals surface area contributed by atoms with Gasteiger partial charge in [0.05, 0.1) is 0 Å². The van der Waals surface area contributed by atoms with Crippen LogP contribution in [-0.2, 0) is 4.79 Å². The lowest BCUT2D eigenvalue weighted by molar-refractivity contribution is -0.139. The summed E-state index contributed by atoms with van der Waals surface area (Å²) in [6.07, 6.45) is 2.21. The zero-order valence-corrected chi connectivity index (χ0v) is 12.2. The molecule has 1 aliphatic rings. The average Bonchev–Trinajstić information content (AvgIpc) is 2.85. The number of aliphatic hydroxyl groups excluding tert-OH is 1. The molecule has 0 aliphatic carbocycles. The first-order valence-electron chi connectivity index (χ1n) is 7.08. The Bertz CT molecular complexity index is 338. The van der Waals surface area contributed by atoms with Gasteiger partial charge >= 0.3 is 12.0 Å². The van der Waals surface area contributed by atoms with Crippen LogP contribution in [0.4, 0.5) is 4.79 Å². The Balaban J connectivity index is 2.47. The molecular weight excluding hydrogens is 262 g/mol. The summed E-state index contributed by atoms with van der Waals surface area (Å²) in [4.78, 5) is 26.8. The zero-order valence-electron chi connectivity index (χ0n) is 12.2. The van der Waals surface area contributed by atoms with Crippen LogP contribution in [0.3, 0.4) is 0 Å². The van der Waals surface area contributed by atoms with Gasteiger partial charge in [0.1, 0.15) is 6.04 Å². The fourth-order valence-corrected chi connectivity index (χ4v) is 2.56. The summed E-state index contributed by atoms with van der Waals surface area (Å²) in [6.45, 7) is 4.43. The van der Waals surface area contributed by atoms with Crippen LogP contribution < -0.4 is 5.32 Å². The molecule has 0 aromatic heterocycles. The van der Waals surface area contributed by atoms with Gasteiger partial charge in [-0.25, -0.2) is 9.59 Å². The first-order valence-corrected chi connectivity index (χ1v) is 7.08. The highest BCUT2D eigenvalue weighted by molar-refractivity contribution is 5.82. The summed E-state index contributed by atoms with van der Waals surface area (Å²) in [5.41, 5.74) is 0. The van der Waals surface area contributed by atoms with Gasteiger partial charge in [-0.2, -0.15) is 0 Å². The second-order valence-corrected chi connectivity index (χ2v) is 5.16. The van der Waals surface area contributed by atoms with Gasteiger partial charge in [-0.1, -0.05) is 6.92 Å². The second kappa shape index (κ2) is 8.06. The Morgan fingerprint density at radius 3 is 2.75 bits per heavy atom. The van der Waals surface area contributed by atoms with Gasteiger partial charge in [0.25, 0.3) is 0 Å². The van der Waals surface area contributed by atoms with Gasteiger partial charge < -0.3 is 20.4 Å². The van der Waals surface area contributed by atoms with Gasteiger partial charge in [0, 0.05) is 32.7 Å². The molecule has 0 bridgehead atoms. The molecule has 1 fully saturated rings. The topological polar surface area (TPSA) is 93.1 Å². The zero-order chi connectivity index (χ0) is 15.1. The third kappa shape index (κ3) is 4.64. The van der Waals surface area contributed by atoms with E-state index in [1.807, 2.05) is 0 Å². The SMILES string of the molecule is CCN1CCCC1CN(C)C(=O)NC(CCO)C(=O)O. The summed E-state index contributed by atoms with van der Waals surface area (Å²) < 4.78 is 0. The Labute approximate surface area is 119 Å². The molecule has 1 heterocycles. The highest BCUT2D eigenvalue weighted by Gasteiger charge is 2.27. The third-order valence-corrected chi connectivity index (χ3v) is 3.75. The molecule has 0 aromatic carbocycles. The van der Waals surface area contributed by atoms with Crippen molar-refractivity contribution in [2.45, 2.75) is 38.3 Å². The van der Waals surface area contributed by atoms with Crippen molar-refractivity contribution in [2.24, 2.45) is 0 Å². The number of carboxylic acid groups (broad SMARTS) is 1. The quantitative estimate of drug-likeness (QED) is 0.610. The van der Waals surface area contributed by atoms with E-state index in [2.05, 4.69) is 17.1 Å². The Hall–Kier alpha value is -1.34. The van der Waals surface area contributed by atoms with Crippen molar-refractivity contribution in [1.29, 1.82) is 0 Å². The molecule has 0 radical (unpaired) electrons. The van der Waals surface area contributed by atoms with E-state index in [0.717, 1.165) is 25.9 Å². The molecule has 2 unspecified atom stereocenters. The molecule has 0 saturated carbocycles. The van der Waals surface area contributed by atoms with E-state index in [1.165, 1.54) is 4.90 Å². The standard InChI is InChI=1S/C13H25N3O4/c1-3-16-7-4-5-10(16)9-15(2)13(20)14-11(6-8-17)12(18)19/h10-11,17H,3-9H2,1-2H3,(H,14,20)(H,18,19). The predicted molar refractivity (Wildman–Crippen MR) is 74.6 cm³/mol. The molecule has 7 heteroatoms. The monoisotopic (exact) mass is 287 g/mol. The fraction of sp³-hybridized carbons (Fsp3) is 0.846. The van der Waals surface area contributed by atoms with E-state index < -0.39 is 18.0 Å². The highest BCUT2D eigenvalue weighted by Crippen LogP contribution is 2.17. The molecule has 2 atom stereocenters. The number of carboxylic acids is 1. The van der Waals surface area contributed by atoms with Crippen molar-refractivity contribution in [3.05, 3.63) is 0 Å². The molecule has 3 N–H and O–H groups in total. The molecule has 1 saturated heterocycles. The van der Waals surface area contributed by atoms with E-state index >= 15 is 0 Å². The third-order valence-electron chi connectivity index (χ3n) is 3.75. The van der Waals surface area contributed by atoms with E-state index in [1.54, 1.807) is 7.05 Å². The number of carbonyl (C=O) groups is 2. The molecule has 1 aliphatic heterocycles. The number of rotatable bonds is 7. The van der Waals surface area contributed by atoms with Crippen LogP contribution in [0, 0.1) is 0 Å². The van der Waals surface area contributed by atoms with Crippen LogP contribution >= 0.6 is 0 Å². The summed E-state index contributed by atoms with van der Waals surface area (Å²) in [6, 6.07) is -1.11. The maximum Gasteiger partial charge on any atom is 0.326 e. The molecule has 2 amide bonds. The molecular formula is C13H25N3O4.